The number of carbonyl (C=O) groups is 1. The Kier molecular flexibility index (Phi) is 6.44. The lowest BCUT2D eigenvalue weighted by atomic mass is 9.95. The van der Waals surface area contributed by atoms with Crippen LogP contribution in [0.15, 0.2) is 18.2 Å². The summed E-state index contributed by atoms with van der Waals surface area (Å²) in [7, 11) is -1.94. The number of sulfone groups is 1. The molecule has 8 heteroatoms. The maximum absolute atomic E-state index is 12.7. The lowest BCUT2D eigenvalue weighted by molar-refractivity contribution is -0.119. The Morgan fingerprint density at radius 2 is 1.91 bits per heavy atom. The Labute approximate surface area is 143 Å². The number of nitrogens with one attached hydrogen (secondary N) is 2. The van der Waals surface area contributed by atoms with Crippen molar-refractivity contribution in [3.8, 4) is 5.75 Å². The van der Waals surface area contributed by atoms with E-state index in [0.29, 0.717) is 24.5 Å². The lowest BCUT2D eigenvalue weighted by Gasteiger charge is -2.34. The van der Waals surface area contributed by atoms with Crippen LogP contribution in [0.25, 0.3) is 0 Å². The third-order valence-electron chi connectivity index (χ3n) is 4.22. The summed E-state index contributed by atoms with van der Waals surface area (Å²) in [5, 5.41) is 5.87. The molecule has 0 atom stereocenters. The molecular weight excluding hydrogens is 340 g/mol. The van der Waals surface area contributed by atoms with Crippen LogP contribution in [0.1, 0.15) is 18.4 Å². The smallest absolute Gasteiger partial charge is 0.245 e. The average Bonchev–Trinajstić information content (AvgIpc) is 2.48. The molecule has 130 valence electrons. The molecular formula is C15H23ClN2O4S. The largest absolute Gasteiger partial charge is 0.497 e. The predicted octanol–water partition coefficient (Wildman–Crippen LogP) is 1.53. The molecule has 1 amide bonds. The third-order valence-corrected chi connectivity index (χ3v) is 6.23. The molecule has 2 N–H and O–H groups in total. The van der Waals surface area contributed by atoms with Crippen LogP contribution in [-0.4, -0.2) is 45.5 Å². The maximum Gasteiger partial charge on any atom is 0.245 e. The van der Waals surface area contributed by atoms with E-state index in [-0.39, 0.29) is 25.2 Å². The molecule has 0 radical (unpaired) electrons. The van der Waals surface area contributed by atoms with E-state index < -0.39 is 20.5 Å². The van der Waals surface area contributed by atoms with Crippen molar-refractivity contribution in [2.45, 2.75) is 24.5 Å². The van der Waals surface area contributed by atoms with E-state index in [2.05, 4.69) is 10.6 Å². The van der Waals surface area contributed by atoms with Gasteiger partial charge in [-0.3, -0.25) is 4.79 Å². The van der Waals surface area contributed by atoms with Crippen LogP contribution in [0.4, 0.5) is 5.69 Å². The number of anilines is 1. The lowest BCUT2D eigenvalue weighted by Crippen LogP contribution is -2.55. The van der Waals surface area contributed by atoms with Gasteiger partial charge in [-0.2, -0.15) is 0 Å². The fourth-order valence-corrected chi connectivity index (χ4v) is 4.07. The summed E-state index contributed by atoms with van der Waals surface area (Å²) in [5.41, 5.74) is 1.43. The van der Waals surface area contributed by atoms with Crippen molar-refractivity contribution in [1.82, 2.24) is 5.32 Å². The number of ether oxygens (including phenoxy) is 1. The van der Waals surface area contributed by atoms with Gasteiger partial charge in [-0.05, 0) is 56.6 Å². The molecule has 1 aliphatic rings. The highest BCUT2D eigenvalue weighted by atomic mass is 35.5. The number of amides is 1. The number of hydrogen-bond donors (Lipinski definition) is 2. The molecule has 0 bridgehead atoms. The number of halogens is 1. The van der Waals surface area contributed by atoms with Crippen LogP contribution >= 0.6 is 12.4 Å². The van der Waals surface area contributed by atoms with Crippen molar-refractivity contribution in [3.63, 3.8) is 0 Å². The quantitative estimate of drug-likeness (QED) is 0.848. The molecule has 1 saturated heterocycles. The van der Waals surface area contributed by atoms with E-state index in [4.69, 9.17) is 4.74 Å². The van der Waals surface area contributed by atoms with Crippen molar-refractivity contribution in [1.29, 1.82) is 0 Å². The Morgan fingerprint density at radius 3 is 2.39 bits per heavy atom. The molecule has 1 fully saturated rings. The van der Waals surface area contributed by atoms with E-state index >= 15 is 0 Å². The zero-order valence-electron chi connectivity index (χ0n) is 13.5. The fourth-order valence-electron chi connectivity index (χ4n) is 2.74. The van der Waals surface area contributed by atoms with E-state index in [9.17, 15) is 13.2 Å². The van der Waals surface area contributed by atoms with Crippen LogP contribution in [0.2, 0.25) is 0 Å². The topological polar surface area (TPSA) is 84.5 Å². The van der Waals surface area contributed by atoms with Crippen LogP contribution in [0.3, 0.4) is 0 Å². The minimum absolute atomic E-state index is 0. The molecule has 1 heterocycles. The van der Waals surface area contributed by atoms with Gasteiger partial charge in [0.05, 0.1) is 7.11 Å². The number of benzene rings is 1. The fraction of sp³-hybridized carbons (Fsp3) is 0.533. The molecule has 0 unspecified atom stereocenters. The molecule has 23 heavy (non-hydrogen) atoms. The SMILES string of the molecule is COc1ccc(NC(=O)C2(S(C)(=O)=O)CCNCC2)c(C)c1.Cl. The van der Waals surface area contributed by atoms with Crippen molar-refractivity contribution >= 4 is 33.8 Å². The zero-order chi connectivity index (χ0) is 16.4. The Morgan fingerprint density at radius 1 is 1.30 bits per heavy atom. The summed E-state index contributed by atoms with van der Waals surface area (Å²) in [5.74, 6) is 0.236. The summed E-state index contributed by atoms with van der Waals surface area (Å²) in [6.07, 6.45) is 1.71. The van der Waals surface area contributed by atoms with Crippen LogP contribution in [0, 0.1) is 6.92 Å². The molecule has 0 aliphatic carbocycles. The van der Waals surface area contributed by atoms with Gasteiger partial charge in [0.15, 0.2) is 14.6 Å². The second-order valence-corrected chi connectivity index (χ2v) is 7.98. The normalized spacial score (nSPS) is 17.0. The van der Waals surface area contributed by atoms with E-state index in [1.807, 2.05) is 6.92 Å². The van der Waals surface area contributed by atoms with Crippen molar-refractivity contribution < 1.29 is 17.9 Å². The molecule has 0 aromatic heterocycles. The standard InChI is InChI=1S/C15H22N2O4S.ClH/c1-11-10-12(21-2)4-5-13(11)17-14(18)15(22(3,19)20)6-8-16-9-7-15;/h4-5,10,16H,6-9H2,1-3H3,(H,17,18);1H. The number of aryl methyl sites for hydroxylation is 1. The van der Waals surface area contributed by atoms with Gasteiger partial charge in [-0.25, -0.2) is 8.42 Å². The molecule has 1 aromatic rings. The molecule has 2 rings (SSSR count). The van der Waals surface area contributed by atoms with E-state index in [1.165, 1.54) is 0 Å². The number of methoxy groups -OCH3 is 1. The summed E-state index contributed by atoms with van der Waals surface area (Å²) < 4.78 is 28.2. The van der Waals surface area contributed by atoms with Gasteiger partial charge in [0.1, 0.15) is 5.75 Å². The summed E-state index contributed by atoms with van der Waals surface area (Å²) >= 11 is 0. The van der Waals surface area contributed by atoms with E-state index in [0.717, 1.165) is 11.8 Å². The van der Waals surface area contributed by atoms with Gasteiger partial charge in [-0.15, -0.1) is 12.4 Å². The zero-order valence-corrected chi connectivity index (χ0v) is 15.1. The van der Waals surface area contributed by atoms with Crippen LogP contribution in [0.5, 0.6) is 5.75 Å². The summed E-state index contributed by atoms with van der Waals surface area (Å²) in [4.78, 5) is 12.7. The first-order chi connectivity index (χ1) is 10.3. The number of carbonyl (C=O) groups excluding carboxylic acids is 1. The first kappa shape index (κ1) is 19.7. The number of rotatable bonds is 4. The summed E-state index contributed by atoms with van der Waals surface area (Å²) in [6, 6.07) is 5.26. The average molecular weight is 363 g/mol. The van der Waals surface area contributed by atoms with Crippen molar-refractivity contribution in [3.05, 3.63) is 23.8 Å². The van der Waals surface area contributed by atoms with Gasteiger partial charge in [0.25, 0.3) is 0 Å². The van der Waals surface area contributed by atoms with E-state index in [1.54, 1.807) is 25.3 Å². The number of piperidine rings is 1. The van der Waals surface area contributed by atoms with Crippen molar-refractivity contribution in [2.24, 2.45) is 0 Å². The molecule has 0 spiro atoms. The summed E-state index contributed by atoms with van der Waals surface area (Å²) in [6.45, 7) is 2.87. The van der Waals surface area contributed by atoms with Crippen LogP contribution < -0.4 is 15.4 Å². The van der Waals surface area contributed by atoms with Gasteiger partial charge in [-0.1, -0.05) is 0 Å². The Balaban J connectivity index is 0.00000264. The minimum atomic E-state index is -3.51. The second kappa shape index (κ2) is 7.51. The predicted molar refractivity (Wildman–Crippen MR) is 93.3 cm³/mol. The van der Waals surface area contributed by atoms with Gasteiger partial charge in [0.2, 0.25) is 5.91 Å². The second-order valence-electron chi connectivity index (χ2n) is 5.65. The van der Waals surface area contributed by atoms with Gasteiger partial charge in [0, 0.05) is 11.9 Å². The molecule has 1 aromatic carbocycles. The Hall–Kier alpha value is -1.31. The highest BCUT2D eigenvalue weighted by Crippen LogP contribution is 2.30. The maximum atomic E-state index is 12.7. The first-order valence-corrected chi connectivity index (χ1v) is 9.06. The highest BCUT2D eigenvalue weighted by Gasteiger charge is 2.48. The highest BCUT2D eigenvalue weighted by molar-refractivity contribution is 7.92. The first-order valence-electron chi connectivity index (χ1n) is 7.16. The monoisotopic (exact) mass is 362 g/mol. The molecule has 0 saturated carbocycles. The molecule has 1 aliphatic heterocycles. The van der Waals surface area contributed by atoms with Crippen molar-refractivity contribution in [2.75, 3.05) is 31.8 Å². The van der Waals surface area contributed by atoms with Gasteiger partial charge < -0.3 is 15.4 Å². The van der Waals surface area contributed by atoms with Crippen LogP contribution in [-0.2, 0) is 14.6 Å². The molecule has 6 nitrogen and oxygen atoms in total. The Bertz CT molecular complexity index is 670. The third kappa shape index (κ3) is 3.97. The minimum Gasteiger partial charge on any atom is -0.497 e. The number of hydrogen-bond acceptors (Lipinski definition) is 5. The van der Waals surface area contributed by atoms with Gasteiger partial charge >= 0.3 is 0 Å².